The zero-order valence-corrected chi connectivity index (χ0v) is 10.8. The highest BCUT2D eigenvalue weighted by Gasteiger charge is 2.70. The first-order chi connectivity index (χ1) is 6.69. The molecule has 16 heavy (non-hydrogen) atoms. The van der Waals surface area contributed by atoms with E-state index in [0.717, 1.165) is 21.1 Å². The lowest BCUT2D eigenvalue weighted by atomic mass is 10.5. The Hall–Kier alpha value is -0.710. The molecule has 0 aromatic rings. The largest absolute Gasteiger partial charge is 0.475 e. The SMILES string of the molecule is C[N+](C)(C)C(C(=O)O)(S(C)(=O)=O)S(=O)(=O)O. The minimum absolute atomic E-state index is 0.443. The van der Waals surface area contributed by atoms with E-state index in [-0.39, 0.29) is 0 Å². The Morgan fingerprint density at radius 1 is 1.12 bits per heavy atom. The number of quaternary nitrogens is 1. The zero-order chi connectivity index (χ0) is 13.6. The number of carbonyl (C=O) groups is 1. The highest BCUT2D eigenvalue weighted by molar-refractivity contribution is 8.08. The number of likely N-dealkylation sites (N-methyl/N-ethyl adjacent to an activating group) is 1. The Morgan fingerprint density at radius 2 is 1.44 bits per heavy atom. The molecule has 0 spiro atoms. The highest BCUT2D eigenvalue weighted by atomic mass is 32.3. The van der Waals surface area contributed by atoms with Gasteiger partial charge in [0.2, 0.25) is 9.84 Å². The van der Waals surface area contributed by atoms with Gasteiger partial charge in [-0.1, -0.05) is 0 Å². The number of hydrogen-bond acceptors (Lipinski definition) is 5. The van der Waals surface area contributed by atoms with Crippen molar-refractivity contribution in [2.75, 3.05) is 27.4 Å². The minimum atomic E-state index is -5.36. The quantitative estimate of drug-likeness (QED) is 0.466. The van der Waals surface area contributed by atoms with Gasteiger partial charge in [-0.05, 0) is 0 Å². The Labute approximate surface area is 93.7 Å². The lowest BCUT2D eigenvalue weighted by Gasteiger charge is -2.37. The van der Waals surface area contributed by atoms with Gasteiger partial charge < -0.3 is 5.11 Å². The lowest BCUT2D eigenvalue weighted by molar-refractivity contribution is -0.883. The summed E-state index contributed by atoms with van der Waals surface area (Å²) in [5.41, 5.74) is 0. The molecule has 0 aliphatic carbocycles. The molecule has 0 saturated heterocycles. The second-order valence-corrected chi connectivity index (χ2v) is 8.08. The monoisotopic (exact) mass is 276 g/mol. The molecule has 96 valence electrons. The molecular weight excluding hydrogens is 262 g/mol. The molecule has 0 saturated carbocycles. The summed E-state index contributed by atoms with van der Waals surface area (Å²) in [5.74, 6) is -2.15. The predicted molar refractivity (Wildman–Crippen MR) is 54.8 cm³/mol. The van der Waals surface area contributed by atoms with E-state index in [2.05, 4.69) is 0 Å². The first kappa shape index (κ1) is 15.3. The summed E-state index contributed by atoms with van der Waals surface area (Å²) in [4.78, 5) is 11.0. The molecule has 0 amide bonds. The van der Waals surface area contributed by atoms with Gasteiger partial charge in [-0.25, -0.2) is 13.2 Å². The first-order valence-electron chi connectivity index (χ1n) is 3.91. The lowest BCUT2D eigenvalue weighted by Crippen LogP contribution is -2.70. The third-order valence-electron chi connectivity index (χ3n) is 2.01. The van der Waals surface area contributed by atoms with Crippen molar-refractivity contribution in [3.8, 4) is 0 Å². The van der Waals surface area contributed by atoms with Gasteiger partial charge in [0.05, 0.1) is 21.1 Å². The Kier molecular flexibility index (Phi) is 3.49. The van der Waals surface area contributed by atoms with Gasteiger partial charge in [0.15, 0.2) is 0 Å². The van der Waals surface area contributed by atoms with Gasteiger partial charge in [0.1, 0.15) is 0 Å². The van der Waals surface area contributed by atoms with Crippen LogP contribution >= 0.6 is 0 Å². The molecule has 10 heteroatoms. The predicted octanol–water partition coefficient (Wildman–Crippen LogP) is -1.64. The van der Waals surface area contributed by atoms with Crippen molar-refractivity contribution in [3.63, 3.8) is 0 Å². The van der Waals surface area contributed by atoms with Crippen molar-refractivity contribution in [3.05, 3.63) is 0 Å². The molecule has 0 aromatic heterocycles. The first-order valence-corrected chi connectivity index (χ1v) is 7.24. The summed E-state index contributed by atoms with van der Waals surface area (Å²) in [6.45, 7) is 0. The number of carboxylic acids is 1. The molecule has 0 aliphatic rings. The molecule has 1 atom stereocenters. The van der Waals surface area contributed by atoms with E-state index in [0.29, 0.717) is 6.26 Å². The summed E-state index contributed by atoms with van der Waals surface area (Å²) in [6.07, 6.45) is 0.443. The molecule has 0 bridgehead atoms. The second kappa shape index (κ2) is 3.65. The molecule has 0 rings (SSSR count). The number of sulfone groups is 1. The average Bonchev–Trinajstić information content (AvgIpc) is 1.71. The fourth-order valence-corrected chi connectivity index (χ4v) is 5.35. The van der Waals surface area contributed by atoms with E-state index in [9.17, 15) is 21.6 Å². The van der Waals surface area contributed by atoms with Gasteiger partial charge in [-0.15, -0.1) is 0 Å². The third-order valence-corrected chi connectivity index (χ3v) is 6.69. The summed E-state index contributed by atoms with van der Waals surface area (Å²) >= 11 is 0. The summed E-state index contributed by atoms with van der Waals surface area (Å²) in [6, 6.07) is 0. The molecule has 0 heterocycles. The van der Waals surface area contributed by atoms with Gasteiger partial charge >= 0.3 is 20.3 Å². The van der Waals surface area contributed by atoms with E-state index in [4.69, 9.17) is 9.66 Å². The normalized spacial score (nSPS) is 17.8. The molecule has 0 fully saturated rings. The molecule has 0 radical (unpaired) electrons. The van der Waals surface area contributed by atoms with Crippen molar-refractivity contribution >= 4 is 25.9 Å². The maximum atomic E-state index is 11.5. The van der Waals surface area contributed by atoms with Gasteiger partial charge in [0.25, 0.3) is 0 Å². The van der Waals surface area contributed by atoms with Crippen LogP contribution in [0, 0.1) is 0 Å². The standard InChI is InChI=1S/C6H13NO7S2/c1-7(2,3)6(5(8)9,15(4,10)11)16(12,13)14/h1-4H3,(H-,8,9,12,13,14)/p+1. The van der Waals surface area contributed by atoms with Gasteiger partial charge in [0, 0.05) is 6.26 Å². The van der Waals surface area contributed by atoms with Crippen molar-refractivity contribution < 1.29 is 35.8 Å². The van der Waals surface area contributed by atoms with Crippen LogP contribution in [0.4, 0.5) is 0 Å². The van der Waals surface area contributed by atoms with Crippen LogP contribution in [-0.2, 0) is 24.7 Å². The smallest absolute Gasteiger partial charge is 0.418 e. The van der Waals surface area contributed by atoms with Crippen LogP contribution in [-0.4, -0.2) is 68.5 Å². The van der Waals surface area contributed by atoms with Crippen molar-refractivity contribution in [1.29, 1.82) is 0 Å². The van der Waals surface area contributed by atoms with Crippen LogP contribution in [0.3, 0.4) is 0 Å². The molecule has 2 N–H and O–H groups in total. The van der Waals surface area contributed by atoms with Crippen LogP contribution in [0.1, 0.15) is 0 Å². The molecular formula is C6H14NO7S2+. The van der Waals surface area contributed by atoms with Crippen molar-refractivity contribution in [1.82, 2.24) is 0 Å². The Bertz CT molecular complexity index is 463. The van der Waals surface area contributed by atoms with Gasteiger partial charge in [-0.3, -0.25) is 9.04 Å². The highest BCUT2D eigenvalue weighted by Crippen LogP contribution is 2.31. The topological polar surface area (TPSA) is 126 Å². The molecule has 0 aromatic carbocycles. The van der Waals surface area contributed by atoms with E-state index < -0.39 is 34.6 Å². The van der Waals surface area contributed by atoms with Crippen LogP contribution in [0.2, 0.25) is 0 Å². The average molecular weight is 276 g/mol. The summed E-state index contributed by atoms with van der Waals surface area (Å²) in [5, 5.41) is 8.90. The maximum Gasteiger partial charge on any atom is 0.418 e. The number of carboxylic acid groups (broad SMARTS) is 1. The third kappa shape index (κ3) is 1.93. The summed E-state index contributed by atoms with van der Waals surface area (Å²) in [7, 11) is -6.83. The van der Waals surface area contributed by atoms with Crippen molar-refractivity contribution in [2.24, 2.45) is 0 Å². The number of rotatable bonds is 4. The van der Waals surface area contributed by atoms with Crippen LogP contribution < -0.4 is 0 Å². The van der Waals surface area contributed by atoms with Crippen LogP contribution in [0.25, 0.3) is 0 Å². The second-order valence-electron chi connectivity index (χ2n) is 4.15. The minimum Gasteiger partial charge on any atom is -0.475 e. The number of aliphatic carboxylic acids is 1. The van der Waals surface area contributed by atoms with Crippen LogP contribution in [0.5, 0.6) is 0 Å². The van der Waals surface area contributed by atoms with Gasteiger partial charge in [-0.2, -0.15) is 8.42 Å². The molecule has 0 aliphatic heterocycles. The Balaban J connectivity index is 6.68. The molecule has 8 nitrogen and oxygen atoms in total. The van der Waals surface area contributed by atoms with Crippen molar-refractivity contribution in [2.45, 2.75) is 4.20 Å². The fourth-order valence-electron chi connectivity index (χ4n) is 1.59. The summed E-state index contributed by atoms with van der Waals surface area (Å²) < 4.78 is 49.9. The van der Waals surface area contributed by atoms with E-state index >= 15 is 0 Å². The van der Waals surface area contributed by atoms with E-state index in [1.165, 1.54) is 0 Å². The van der Waals surface area contributed by atoms with Crippen LogP contribution in [0.15, 0.2) is 0 Å². The number of nitrogens with zero attached hydrogens (tertiary/aromatic N) is 1. The molecule has 1 unspecified atom stereocenters. The fraction of sp³-hybridized carbons (Fsp3) is 0.833. The Morgan fingerprint density at radius 3 is 1.44 bits per heavy atom. The number of hydrogen-bond donors (Lipinski definition) is 2. The maximum absolute atomic E-state index is 11.5. The zero-order valence-electron chi connectivity index (χ0n) is 9.20. The van der Waals surface area contributed by atoms with E-state index in [1.807, 2.05) is 0 Å². The van der Waals surface area contributed by atoms with E-state index in [1.54, 1.807) is 0 Å².